The third-order valence-corrected chi connectivity index (χ3v) is 2.79. The summed E-state index contributed by atoms with van der Waals surface area (Å²) in [6.07, 6.45) is 2.76. The molecule has 2 rings (SSSR count). The predicted molar refractivity (Wildman–Crippen MR) is 58.7 cm³/mol. The first-order chi connectivity index (χ1) is 7.31. The normalized spacial score (nSPS) is 10.5. The summed E-state index contributed by atoms with van der Waals surface area (Å²) in [5.74, 6) is 0. The molecule has 0 spiro atoms. The van der Waals surface area contributed by atoms with Gasteiger partial charge in [0.05, 0.1) is 6.20 Å². The van der Waals surface area contributed by atoms with Gasteiger partial charge in [-0.05, 0) is 6.42 Å². The molecule has 0 amide bonds. The van der Waals surface area contributed by atoms with Gasteiger partial charge in [0.15, 0.2) is 5.01 Å². The quantitative estimate of drug-likeness (QED) is 0.843. The lowest BCUT2D eigenvalue weighted by molar-refractivity contribution is 0.719. The molecule has 15 heavy (non-hydrogen) atoms. The first kappa shape index (κ1) is 10.0. The first-order valence-corrected chi connectivity index (χ1v) is 5.55. The van der Waals surface area contributed by atoms with E-state index < -0.39 is 0 Å². The van der Waals surface area contributed by atoms with Crippen molar-refractivity contribution in [1.29, 1.82) is 0 Å². The van der Waals surface area contributed by atoms with Gasteiger partial charge in [0.2, 0.25) is 5.13 Å². The van der Waals surface area contributed by atoms with Crippen LogP contribution in [0.15, 0.2) is 6.20 Å². The third-order valence-electron chi connectivity index (χ3n) is 1.88. The van der Waals surface area contributed by atoms with Crippen LogP contribution in [0.1, 0.15) is 13.3 Å². The molecular formula is C8H12N6S. The Morgan fingerprint density at radius 2 is 2.33 bits per heavy atom. The first-order valence-electron chi connectivity index (χ1n) is 4.73. The molecule has 1 N–H and O–H groups in total. The zero-order valence-electron chi connectivity index (χ0n) is 8.64. The monoisotopic (exact) mass is 224 g/mol. The average molecular weight is 224 g/mol. The predicted octanol–water partition coefficient (Wildman–Crippen LogP) is 1.16. The van der Waals surface area contributed by atoms with Crippen LogP contribution in [0.4, 0.5) is 5.13 Å². The second kappa shape index (κ2) is 4.35. The Balaban J connectivity index is 2.17. The van der Waals surface area contributed by atoms with Crippen LogP contribution >= 0.6 is 11.3 Å². The van der Waals surface area contributed by atoms with Crippen LogP contribution in [-0.4, -0.2) is 31.7 Å². The molecule has 0 aliphatic rings. The van der Waals surface area contributed by atoms with Crippen molar-refractivity contribution in [1.82, 2.24) is 25.2 Å². The Kier molecular flexibility index (Phi) is 2.91. The fourth-order valence-electron chi connectivity index (χ4n) is 1.11. The van der Waals surface area contributed by atoms with Gasteiger partial charge < -0.3 is 5.32 Å². The molecular weight excluding hydrogens is 212 g/mol. The molecule has 7 heteroatoms. The maximum Gasteiger partial charge on any atom is 0.206 e. The highest BCUT2D eigenvalue weighted by atomic mass is 32.1. The highest BCUT2D eigenvalue weighted by molar-refractivity contribution is 7.18. The molecule has 0 saturated heterocycles. The van der Waals surface area contributed by atoms with E-state index in [1.54, 1.807) is 10.9 Å². The zero-order valence-corrected chi connectivity index (χ0v) is 9.45. The zero-order chi connectivity index (χ0) is 10.7. The number of aryl methyl sites for hydroxylation is 1. The summed E-state index contributed by atoms with van der Waals surface area (Å²) >= 11 is 1.51. The standard InChI is InChI=1S/C8H12N6S/c1-3-4-9-8-12-11-7(15-8)6-5-10-13-14(6)2/h5H,3-4H2,1-2H3,(H,9,12). The molecule has 2 aromatic heterocycles. The number of aromatic nitrogens is 5. The lowest BCUT2D eigenvalue weighted by atomic mass is 10.5. The molecule has 6 nitrogen and oxygen atoms in total. The maximum atomic E-state index is 4.08. The molecule has 0 aromatic carbocycles. The summed E-state index contributed by atoms with van der Waals surface area (Å²) in [6, 6.07) is 0. The van der Waals surface area contributed by atoms with E-state index >= 15 is 0 Å². The molecule has 0 unspecified atom stereocenters. The van der Waals surface area contributed by atoms with Crippen LogP contribution in [0, 0.1) is 0 Å². The molecule has 0 radical (unpaired) electrons. The Labute approximate surface area is 91.3 Å². The highest BCUT2D eigenvalue weighted by Crippen LogP contribution is 2.24. The molecule has 0 aliphatic carbocycles. The van der Waals surface area contributed by atoms with E-state index in [-0.39, 0.29) is 0 Å². The minimum absolute atomic E-state index is 0.834. The molecule has 0 aliphatic heterocycles. The topological polar surface area (TPSA) is 68.5 Å². The largest absolute Gasteiger partial charge is 0.360 e. The summed E-state index contributed by atoms with van der Waals surface area (Å²) in [4.78, 5) is 0. The van der Waals surface area contributed by atoms with E-state index in [0.29, 0.717) is 0 Å². The third kappa shape index (κ3) is 2.12. The Morgan fingerprint density at radius 3 is 3.00 bits per heavy atom. The number of anilines is 1. The molecule has 0 fully saturated rings. The van der Waals surface area contributed by atoms with Crippen LogP contribution in [0.25, 0.3) is 10.7 Å². The van der Waals surface area contributed by atoms with Crippen LogP contribution in [0.3, 0.4) is 0 Å². The summed E-state index contributed by atoms with van der Waals surface area (Å²) in [6.45, 7) is 3.03. The van der Waals surface area contributed by atoms with Gasteiger partial charge in [-0.2, -0.15) is 0 Å². The lowest BCUT2D eigenvalue weighted by Crippen LogP contribution is -1.98. The Hall–Kier alpha value is -1.50. The van der Waals surface area contributed by atoms with E-state index in [1.165, 1.54) is 11.3 Å². The van der Waals surface area contributed by atoms with Gasteiger partial charge in [-0.1, -0.05) is 23.5 Å². The molecule has 0 bridgehead atoms. The summed E-state index contributed by atoms with van der Waals surface area (Å²) in [5.41, 5.74) is 0.886. The number of hydrogen-bond donors (Lipinski definition) is 1. The van der Waals surface area contributed by atoms with Gasteiger partial charge in [-0.15, -0.1) is 15.3 Å². The van der Waals surface area contributed by atoms with Crippen molar-refractivity contribution >= 4 is 16.5 Å². The van der Waals surface area contributed by atoms with Crippen molar-refractivity contribution in [2.45, 2.75) is 13.3 Å². The molecule has 0 atom stereocenters. The summed E-state index contributed by atoms with van der Waals surface area (Å²) in [7, 11) is 1.84. The second-order valence-corrected chi connectivity index (χ2v) is 4.06. The lowest BCUT2D eigenvalue weighted by Gasteiger charge is -1.95. The van der Waals surface area contributed by atoms with Gasteiger partial charge >= 0.3 is 0 Å². The van der Waals surface area contributed by atoms with E-state index in [9.17, 15) is 0 Å². The van der Waals surface area contributed by atoms with Crippen molar-refractivity contribution in [3.8, 4) is 10.7 Å². The SMILES string of the molecule is CCCNc1nnc(-c2cnnn2C)s1. The van der Waals surface area contributed by atoms with Gasteiger partial charge in [-0.3, -0.25) is 0 Å². The number of nitrogens with one attached hydrogen (secondary N) is 1. The fraction of sp³-hybridized carbons (Fsp3) is 0.500. The summed E-state index contributed by atoms with van der Waals surface area (Å²) < 4.78 is 1.68. The summed E-state index contributed by atoms with van der Waals surface area (Å²) in [5, 5.41) is 20.6. The smallest absolute Gasteiger partial charge is 0.206 e. The Morgan fingerprint density at radius 1 is 1.47 bits per heavy atom. The highest BCUT2D eigenvalue weighted by Gasteiger charge is 2.09. The van der Waals surface area contributed by atoms with Gasteiger partial charge in [0.1, 0.15) is 5.69 Å². The van der Waals surface area contributed by atoms with E-state index in [1.807, 2.05) is 7.05 Å². The van der Waals surface area contributed by atoms with Gasteiger partial charge in [-0.25, -0.2) is 4.68 Å². The molecule has 2 aromatic rings. The van der Waals surface area contributed by atoms with Crippen LogP contribution in [0.5, 0.6) is 0 Å². The number of rotatable bonds is 4. The van der Waals surface area contributed by atoms with Crippen molar-refractivity contribution < 1.29 is 0 Å². The fourth-order valence-corrected chi connectivity index (χ4v) is 1.92. The van der Waals surface area contributed by atoms with Crippen molar-refractivity contribution in [3.05, 3.63) is 6.20 Å². The van der Waals surface area contributed by atoms with Crippen molar-refractivity contribution in [2.75, 3.05) is 11.9 Å². The van der Waals surface area contributed by atoms with E-state index in [0.717, 1.165) is 28.8 Å². The van der Waals surface area contributed by atoms with Crippen molar-refractivity contribution in [3.63, 3.8) is 0 Å². The van der Waals surface area contributed by atoms with E-state index in [2.05, 4.69) is 32.7 Å². The second-order valence-electron chi connectivity index (χ2n) is 3.08. The average Bonchev–Trinajstić information content (AvgIpc) is 2.83. The minimum Gasteiger partial charge on any atom is -0.360 e. The number of nitrogens with zero attached hydrogens (tertiary/aromatic N) is 5. The Bertz CT molecular complexity index is 434. The van der Waals surface area contributed by atoms with Gasteiger partial charge in [0.25, 0.3) is 0 Å². The number of hydrogen-bond acceptors (Lipinski definition) is 6. The van der Waals surface area contributed by atoms with Crippen LogP contribution in [-0.2, 0) is 7.05 Å². The molecule has 0 saturated carbocycles. The van der Waals surface area contributed by atoms with Gasteiger partial charge in [0, 0.05) is 13.6 Å². The molecule has 80 valence electrons. The van der Waals surface area contributed by atoms with Crippen LogP contribution in [0.2, 0.25) is 0 Å². The maximum absolute atomic E-state index is 4.08. The van der Waals surface area contributed by atoms with Crippen molar-refractivity contribution in [2.24, 2.45) is 7.05 Å². The van der Waals surface area contributed by atoms with Crippen LogP contribution < -0.4 is 5.32 Å². The molecule has 2 heterocycles. The van der Waals surface area contributed by atoms with E-state index in [4.69, 9.17) is 0 Å². The minimum atomic E-state index is 0.834.